The molecule has 2 rings (SSSR count). The third-order valence-corrected chi connectivity index (χ3v) is 3.35. The van der Waals surface area contributed by atoms with Crippen LogP contribution < -0.4 is 15.4 Å². The van der Waals surface area contributed by atoms with Crippen molar-refractivity contribution in [2.24, 2.45) is 5.92 Å². The van der Waals surface area contributed by atoms with Crippen molar-refractivity contribution in [2.75, 3.05) is 44.5 Å². The lowest BCUT2D eigenvalue weighted by atomic mass is 9.98. The van der Waals surface area contributed by atoms with Crippen LogP contribution >= 0.6 is 0 Å². The van der Waals surface area contributed by atoms with Crippen molar-refractivity contribution < 1.29 is 9.47 Å². The average molecular weight is 251 g/mol. The summed E-state index contributed by atoms with van der Waals surface area (Å²) in [7, 11) is 3.42. The topological polar surface area (TPSA) is 60.6 Å². The summed E-state index contributed by atoms with van der Waals surface area (Å²) in [5, 5.41) is 0. The van der Waals surface area contributed by atoms with E-state index in [1.54, 1.807) is 26.5 Å². The molecule has 1 aromatic heterocycles. The Balaban J connectivity index is 2.15. The maximum absolute atomic E-state index is 5.68. The molecular weight excluding hydrogens is 230 g/mol. The fourth-order valence-corrected chi connectivity index (χ4v) is 2.50. The molecule has 5 heteroatoms. The monoisotopic (exact) mass is 251 g/mol. The van der Waals surface area contributed by atoms with Gasteiger partial charge in [0.05, 0.1) is 25.6 Å². The van der Waals surface area contributed by atoms with E-state index >= 15 is 0 Å². The highest BCUT2D eigenvalue weighted by Crippen LogP contribution is 2.31. The largest absolute Gasteiger partial charge is 0.494 e. The number of methoxy groups -OCH3 is 2. The zero-order valence-electron chi connectivity index (χ0n) is 11.1. The number of pyridine rings is 1. The third-order valence-electron chi connectivity index (χ3n) is 3.35. The molecule has 2 heterocycles. The van der Waals surface area contributed by atoms with Gasteiger partial charge in [0, 0.05) is 26.3 Å². The van der Waals surface area contributed by atoms with Crippen LogP contribution in [0.15, 0.2) is 12.3 Å². The van der Waals surface area contributed by atoms with Crippen LogP contribution in [-0.4, -0.2) is 38.9 Å². The minimum atomic E-state index is 0.487. The predicted molar refractivity (Wildman–Crippen MR) is 72.0 cm³/mol. The Kier molecular flexibility index (Phi) is 4.25. The van der Waals surface area contributed by atoms with Crippen molar-refractivity contribution >= 4 is 11.5 Å². The van der Waals surface area contributed by atoms with Crippen LogP contribution in [-0.2, 0) is 4.74 Å². The van der Waals surface area contributed by atoms with E-state index in [-0.39, 0.29) is 0 Å². The van der Waals surface area contributed by atoms with Crippen LogP contribution in [0.25, 0.3) is 0 Å². The SMILES string of the molecule is COC[C@@H]1CCCN(c2cnc(N)cc2OC)C1. The first kappa shape index (κ1) is 13.0. The molecule has 100 valence electrons. The number of aromatic nitrogens is 1. The lowest BCUT2D eigenvalue weighted by Crippen LogP contribution is -2.37. The van der Waals surface area contributed by atoms with E-state index in [9.17, 15) is 0 Å². The third kappa shape index (κ3) is 2.85. The van der Waals surface area contributed by atoms with Gasteiger partial charge in [-0.25, -0.2) is 4.98 Å². The molecule has 5 nitrogen and oxygen atoms in total. The number of rotatable bonds is 4. The summed E-state index contributed by atoms with van der Waals surface area (Å²) in [5.41, 5.74) is 6.70. The summed E-state index contributed by atoms with van der Waals surface area (Å²) in [6, 6.07) is 1.77. The normalized spacial score (nSPS) is 19.9. The molecule has 1 aliphatic rings. The number of anilines is 2. The maximum atomic E-state index is 5.68. The van der Waals surface area contributed by atoms with E-state index in [0.717, 1.165) is 31.1 Å². The fourth-order valence-electron chi connectivity index (χ4n) is 2.50. The van der Waals surface area contributed by atoms with Gasteiger partial charge in [0.15, 0.2) is 0 Å². The van der Waals surface area contributed by atoms with Gasteiger partial charge >= 0.3 is 0 Å². The highest BCUT2D eigenvalue weighted by atomic mass is 16.5. The summed E-state index contributed by atoms with van der Waals surface area (Å²) >= 11 is 0. The zero-order chi connectivity index (χ0) is 13.0. The van der Waals surface area contributed by atoms with Crippen molar-refractivity contribution in [1.82, 2.24) is 4.98 Å². The molecule has 0 saturated carbocycles. The first-order valence-electron chi connectivity index (χ1n) is 6.28. The van der Waals surface area contributed by atoms with Gasteiger partial charge in [-0.15, -0.1) is 0 Å². The highest BCUT2D eigenvalue weighted by Gasteiger charge is 2.22. The number of ether oxygens (including phenoxy) is 2. The first-order chi connectivity index (χ1) is 8.74. The Morgan fingerprint density at radius 2 is 2.33 bits per heavy atom. The van der Waals surface area contributed by atoms with Crippen molar-refractivity contribution in [3.05, 3.63) is 12.3 Å². The van der Waals surface area contributed by atoms with E-state index in [1.807, 2.05) is 0 Å². The molecule has 1 aromatic rings. The minimum absolute atomic E-state index is 0.487. The molecule has 0 aromatic carbocycles. The molecule has 0 aliphatic carbocycles. The van der Waals surface area contributed by atoms with Crippen molar-refractivity contribution in [2.45, 2.75) is 12.8 Å². The second kappa shape index (κ2) is 5.91. The minimum Gasteiger partial charge on any atom is -0.494 e. The lowest BCUT2D eigenvalue weighted by molar-refractivity contribution is 0.143. The Labute approximate surface area is 108 Å². The van der Waals surface area contributed by atoms with E-state index in [0.29, 0.717) is 11.7 Å². The molecule has 0 amide bonds. The second-order valence-corrected chi connectivity index (χ2v) is 4.69. The molecule has 1 fully saturated rings. The number of hydrogen-bond donors (Lipinski definition) is 1. The molecule has 1 saturated heterocycles. The summed E-state index contributed by atoms with van der Waals surface area (Å²) in [6.45, 7) is 2.82. The van der Waals surface area contributed by atoms with E-state index in [1.165, 1.54) is 12.8 Å². The maximum Gasteiger partial charge on any atom is 0.147 e. The molecular formula is C13H21N3O2. The van der Waals surface area contributed by atoms with E-state index in [4.69, 9.17) is 15.2 Å². The molecule has 18 heavy (non-hydrogen) atoms. The van der Waals surface area contributed by atoms with Crippen LogP contribution in [0, 0.1) is 5.92 Å². The molecule has 2 N–H and O–H groups in total. The predicted octanol–water partition coefficient (Wildman–Crippen LogP) is 1.54. The van der Waals surface area contributed by atoms with Gasteiger partial charge in [-0.1, -0.05) is 0 Å². The van der Waals surface area contributed by atoms with Crippen molar-refractivity contribution in [3.63, 3.8) is 0 Å². The number of nitrogens with two attached hydrogens (primary N) is 1. The van der Waals surface area contributed by atoms with Gasteiger partial charge in [-0.2, -0.15) is 0 Å². The van der Waals surface area contributed by atoms with Gasteiger partial charge in [-0.05, 0) is 18.8 Å². The smallest absolute Gasteiger partial charge is 0.147 e. The number of piperidine rings is 1. The Bertz CT molecular complexity index is 396. The van der Waals surface area contributed by atoms with Crippen LogP contribution in [0.3, 0.4) is 0 Å². The molecule has 0 unspecified atom stereocenters. The number of nitrogen functional groups attached to an aromatic ring is 1. The first-order valence-corrected chi connectivity index (χ1v) is 6.28. The fraction of sp³-hybridized carbons (Fsp3) is 0.615. The number of hydrogen-bond acceptors (Lipinski definition) is 5. The molecule has 0 radical (unpaired) electrons. The van der Waals surface area contributed by atoms with Gasteiger partial charge in [0.1, 0.15) is 11.6 Å². The van der Waals surface area contributed by atoms with Crippen molar-refractivity contribution in [3.8, 4) is 5.75 Å². The van der Waals surface area contributed by atoms with Crippen LogP contribution in [0.1, 0.15) is 12.8 Å². The van der Waals surface area contributed by atoms with Crippen LogP contribution in [0.4, 0.5) is 11.5 Å². The van der Waals surface area contributed by atoms with Crippen LogP contribution in [0.2, 0.25) is 0 Å². The molecule has 1 atom stereocenters. The highest BCUT2D eigenvalue weighted by molar-refractivity contribution is 5.60. The standard InChI is InChI=1S/C13H21N3O2/c1-17-9-10-4-3-5-16(8-10)11-7-15-13(14)6-12(11)18-2/h6-7,10H,3-5,8-9H2,1-2H3,(H2,14,15)/t10-/m1/s1. The Hall–Kier alpha value is -1.49. The summed E-state index contributed by atoms with van der Waals surface area (Å²) in [6.07, 6.45) is 4.18. The summed E-state index contributed by atoms with van der Waals surface area (Å²) < 4.78 is 10.6. The van der Waals surface area contributed by atoms with Crippen molar-refractivity contribution in [1.29, 1.82) is 0 Å². The van der Waals surface area contributed by atoms with Crippen LogP contribution in [0.5, 0.6) is 5.75 Å². The van der Waals surface area contributed by atoms with Gasteiger partial charge in [0.2, 0.25) is 0 Å². The summed E-state index contributed by atoms with van der Waals surface area (Å²) in [4.78, 5) is 6.46. The van der Waals surface area contributed by atoms with Gasteiger partial charge in [0.25, 0.3) is 0 Å². The zero-order valence-corrected chi connectivity index (χ0v) is 11.1. The molecule has 0 spiro atoms. The van der Waals surface area contributed by atoms with E-state index < -0.39 is 0 Å². The number of nitrogens with zero attached hydrogens (tertiary/aromatic N) is 2. The van der Waals surface area contributed by atoms with Gasteiger partial charge < -0.3 is 20.1 Å². The quantitative estimate of drug-likeness (QED) is 0.879. The Morgan fingerprint density at radius 3 is 3.06 bits per heavy atom. The Morgan fingerprint density at radius 1 is 1.50 bits per heavy atom. The summed E-state index contributed by atoms with van der Waals surface area (Å²) in [5.74, 6) is 1.85. The molecule has 0 bridgehead atoms. The molecule has 1 aliphatic heterocycles. The second-order valence-electron chi connectivity index (χ2n) is 4.69. The van der Waals surface area contributed by atoms with E-state index in [2.05, 4.69) is 9.88 Å². The average Bonchev–Trinajstić information content (AvgIpc) is 2.39. The lowest BCUT2D eigenvalue weighted by Gasteiger charge is -2.34. The van der Waals surface area contributed by atoms with Gasteiger partial charge in [-0.3, -0.25) is 0 Å².